The fraction of sp³-hybridized carbons (Fsp3) is 0.600. The van der Waals surface area contributed by atoms with Crippen molar-refractivity contribution in [3.8, 4) is 0 Å². The molecule has 1 heterocycles. The lowest BCUT2D eigenvalue weighted by atomic mass is 10.1. The van der Waals surface area contributed by atoms with Gasteiger partial charge >= 0.3 is 0 Å². The molecule has 1 saturated heterocycles. The number of nitrogen functional groups attached to an aromatic ring is 1. The average Bonchev–Trinajstić information content (AvgIpc) is 2.41. The van der Waals surface area contributed by atoms with Crippen LogP contribution in [0.1, 0.15) is 32.6 Å². The highest BCUT2D eigenvalue weighted by Gasteiger charge is 2.14. The minimum atomic E-state index is 0.534. The highest BCUT2D eigenvalue weighted by molar-refractivity contribution is 5.51. The molecule has 0 aromatic heterocycles. The summed E-state index contributed by atoms with van der Waals surface area (Å²) >= 11 is 0. The molecule has 0 bridgehead atoms. The molecular weight excluding hydrogens is 222 g/mol. The van der Waals surface area contributed by atoms with E-state index in [-0.39, 0.29) is 0 Å². The van der Waals surface area contributed by atoms with E-state index in [0.717, 1.165) is 18.7 Å². The first-order valence-corrected chi connectivity index (χ1v) is 7.12. The Morgan fingerprint density at radius 3 is 2.44 bits per heavy atom. The van der Waals surface area contributed by atoms with E-state index in [0.29, 0.717) is 6.04 Å². The highest BCUT2D eigenvalue weighted by Crippen LogP contribution is 2.15. The van der Waals surface area contributed by atoms with Gasteiger partial charge in [0.25, 0.3) is 0 Å². The number of nitrogens with two attached hydrogens (primary N) is 1. The Morgan fingerprint density at radius 2 is 1.83 bits per heavy atom. The third-order valence-electron chi connectivity index (χ3n) is 3.70. The third kappa shape index (κ3) is 3.91. The number of hydrogen-bond acceptors (Lipinski definition) is 3. The Bertz CT molecular complexity index is 341. The molecule has 3 heteroatoms. The van der Waals surface area contributed by atoms with Gasteiger partial charge in [0.2, 0.25) is 0 Å². The maximum absolute atomic E-state index is 5.70. The lowest BCUT2D eigenvalue weighted by Gasteiger charge is -2.30. The molecule has 0 radical (unpaired) electrons. The molecule has 100 valence electrons. The zero-order chi connectivity index (χ0) is 12.8. The summed E-state index contributed by atoms with van der Waals surface area (Å²) < 4.78 is 0. The molecule has 0 amide bonds. The van der Waals surface area contributed by atoms with Gasteiger partial charge in [-0.25, -0.2) is 0 Å². The summed E-state index contributed by atoms with van der Waals surface area (Å²) in [6.45, 7) is 5.93. The summed E-state index contributed by atoms with van der Waals surface area (Å²) in [5, 5.41) is 3.61. The van der Waals surface area contributed by atoms with Gasteiger partial charge in [-0.05, 0) is 56.6 Å². The first-order valence-electron chi connectivity index (χ1n) is 7.12. The lowest BCUT2D eigenvalue weighted by molar-refractivity contribution is 0.219. The molecule has 3 nitrogen and oxygen atoms in total. The van der Waals surface area contributed by atoms with E-state index < -0.39 is 0 Å². The quantitative estimate of drug-likeness (QED) is 0.786. The van der Waals surface area contributed by atoms with Crippen molar-refractivity contribution in [1.82, 2.24) is 4.90 Å². The Morgan fingerprint density at radius 1 is 1.17 bits per heavy atom. The number of nitrogens with zero attached hydrogens (tertiary/aromatic N) is 1. The van der Waals surface area contributed by atoms with Gasteiger partial charge in [0.1, 0.15) is 0 Å². The summed E-state index contributed by atoms with van der Waals surface area (Å²) in [5.41, 5.74) is 7.70. The molecular formula is C15H25N3. The van der Waals surface area contributed by atoms with Crippen LogP contribution in [0.15, 0.2) is 24.3 Å². The zero-order valence-electron chi connectivity index (χ0n) is 11.4. The smallest absolute Gasteiger partial charge is 0.0385 e. The molecule has 0 aliphatic carbocycles. The van der Waals surface area contributed by atoms with Gasteiger partial charge in [-0.1, -0.05) is 13.3 Å². The summed E-state index contributed by atoms with van der Waals surface area (Å²) in [7, 11) is 0. The van der Waals surface area contributed by atoms with E-state index in [4.69, 9.17) is 5.73 Å². The van der Waals surface area contributed by atoms with E-state index >= 15 is 0 Å². The van der Waals surface area contributed by atoms with Crippen LogP contribution in [-0.4, -0.2) is 30.6 Å². The number of anilines is 2. The Labute approximate surface area is 110 Å². The summed E-state index contributed by atoms with van der Waals surface area (Å²) in [4.78, 5) is 2.59. The normalized spacial score (nSPS) is 18.5. The van der Waals surface area contributed by atoms with Crippen LogP contribution in [0.4, 0.5) is 11.4 Å². The minimum Gasteiger partial charge on any atom is -0.399 e. The van der Waals surface area contributed by atoms with E-state index in [9.17, 15) is 0 Å². The molecule has 0 spiro atoms. The summed E-state index contributed by atoms with van der Waals surface area (Å²) in [5.74, 6) is 0. The van der Waals surface area contributed by atoms with Crippen LogP contribution >= 0.6 is 0 Å². The molecule has 1 unspecified atom stereocenters. The highest BCUT2D eigenvalue weighted by atomic mass is 15.2. The van der Waals surface area contributed by atoms with Gasteiger partial charge in [0.05, 0.1) is 0 Å². The fourth-order valence-electron chi connectivity index (χ4n) is 2.55. The Hall–Kier alpha value is -1.22. The van der Waals surface area contributed by atoms with Crippen molar-refractivity contribution in [2.45, 2.75) is 38.6 Å². The Balaban J connectivity index is 1.86. The first kappa shape index (κ1) is 13.2. The van der Waals surface area contributed by atoms with Crippen LogP contribution in [0.25, 0.3) is 0 Å². The zero-order valence-corrected chi connectivity index (χ0v) is 11.4. The number of piperidine rings is 1. The molecule has 1 aliphatic heterocycles. The van der Waals surface area contributed by atoms with Crippen molar-refractivity contribution in [2.75, 3.05) is 30.7 Å². The van der Waals surface area contributed by atoms with E-state index in [2.05, 4.69) is 29.3 Å². The Kier molecular flexibility index (Phi) is 4.88. The molecule has 1 fully saturated rings. The third-order valence-corrected chi connectivity index (χ3v) is 3.70. The predicted octanol–water partition coefficient (Wildman–Crippen LogP) is 2.95. The van der Waals surface area contributed by atoms with Crippen LogP contribution in [0.2, 0.25) is 0 Å². The van der Waals surface area contributed by atoms with Crippen LogP contribution in [-0.2, 0) is 0 Å². The van der Waals surface area contributed by atoms with Crippen LogP contribution in [0.5, 0.6) is 0 Å². The molecule has 1 aliphatic rings. The largest absolute Gasteiger partial charge is 0.399 e. The van der Waals surface area contributed by atoms with Crippen molar-refractivity contribution in [1.29, 1.82) is 0 Å². The number of likely N-dealkylation sites (tertiary alicyclic amines) is 1. The number of nitrogens with one attached hydrogen (secondary N) is 1. The molecule has 1 aromatic rings. The fourth-order valence-corrected chi connectivity index (χ4v) is 2.55. The molecule has 3 N–H and O–H groups in total. The molecule has 18 heavy (non-hydrogen) atoms. The van der Waals surface area contributed by atoms with Crippen molar-refractivity contribution >= 4 is 11.4 Å². The van der Waals surface area contributed by atoms with Gasteiger partial charge in [-0.15, -0.1) is 0 Å². The molecule has 1 atom stereocenters. The van der Waals surface area contributed by atoms with E-state index in [1.165, 1.54) is 38.0 Å². The van der Waals surface area contributed by atoms with Crippen LogP contribution in [0.3, 0.4) is 0 Å². The lowest BCUT2D eigenvalue weighted by Crippen LogP contribution is -2.39. The number of hydrogen-bond donors (Lipinski definition) is 2. The van der Waals surface area contributed by atoms with Gasteiger partial charge < -0.3 is 16.0 Å². The van der Waals surface area contributed by atoms with Gasteiger partial charge in [-0.2, -0.15) is 0 Å². The monoisotopic (exact) mass is 247 g/mol. The predicted molar refractivity (Wildman–Crippen MR) is 78.8 cm³/mol. The second kappa shape index (κ2) is 6.64. The van der Waals surface area contributed by atoms with E-state index in [1.807, 2.05) is 12.1 Å². The average molecular weight is 247 g/mol. The van der Waals surface area contributed by atoms with Crippen molar-refractivity contribution < 1.29 is 0 Å². The minimum absolute atomic E-state index is 0.534. The van der Waals surface area contributed by atoms with Crippen LogP contribution < -0.4 is 11.1 Å². The molecule has 1 aromatic carbocycles. The maximum atomic E-state index is 5.70. The molecule has 0 saturated carbocycles. The molecule has 2 rings (SSSR count). The number of benzene rings is 1. The SMILES string of the molecule is CCC(CN1CCCCC1)Nc1ccc(N)cc1. The second-order valence-corrected chi connectivity index (χ2v) is 5.23. The van der Waals surface area contributed by atoms with Crippen LogP contribution in [0, 0.1) is 0 Å². The topological polar surface area (TPSA) is 41.3 Å². The van der Waals surface area contributed by atoms with E-state index in [1.54, 1.807) is 0 Å². The second-order valence-electron chi connectivity index (χ2n) is 5.23. The van der Waals surface area contributed by atoms with Gasteiger partial charge in [0, 0.05) is 24.0 Å². The van der Waals surface area contributed by atoms with Crippen molar-refractivity contribution in [3.05, 3.63) is 24.3 Å². The standard InChI is InChI=1S/C15H25N3/c1-2-14(12-18-10-4-3-5-11-18)17-15-8-6-13(16)7-9-15/h6-9,14,17H,2-5,10-12,16H2,1H3. The van der Waals surface area contributed by atoms with Gasteiger partial charge in [0.15, 0.2) is 0 Å². The van der Waals surface area contributed by atoms with Crippen molar-refractivity contribution in [3.63, 3.8) is 0 Å². The summed E-state index contributed by atoms with van der Waals surface area (Å²) in [6.07, 6.45) is 5.27. The first-order chi connectivity index (χ1) is 8.78. The van der Waals surface area contributed by atoms with Gasteiger partial charge in [-0.3, -0.25) is 0 Å². The van der Waals surface area contributed by atoms with Crippen molar-refractivity contribution in [2.24, 2.45) is 0 Å². The number of rotatable bonds is 5. The summed E-state index contributed by atoms with van der Waals surface area (Å²) in [6, 6.07) is 8.57. The maximum Gasteiger partial charge on any atom is 0.0385 e.